The fraction of sp³-hybridized carbons (Fsp3) is 0.429. The molecule has 0 unspecified atom stereocenters. The predicted octanol–water partition coefficient (Wildman–Crippen LogP) is 2.67. The van der Waals surface area contributed by atoms with Gasteiger partial charge in [0.2, 0.25) is 0 Å². The molecular formula is C21H26FN7O2. The number of carbonyl (C=O) groups is 1. The second-order valence-electron chi connectivity index (χ2n) is 8.29. The Morgan fingerprint density at radius 1 is 1.35 bits per heavy atom. The van der Waals surface area contributed by atoms with E-state index in [1.807, 2.05) is 0 Å². The SMILES string of the molecule is CC(C)(O)[C@H](F)CNC(=O)c1cnc(Nc2ccn3nccc3n2)cc1NC1CCC1. The molecule has 3 heterocycles. The highest BCUT2D eigenvalue weighted by atomic mass is 19.1. The molecule has 3 aromatic heterocycles. The summed E-state index contributed by atoms with van der Waals surface area (Å²) in [5, 5.41) is 22.9. The lowest BCUT2D eigenvalue weighted by Gasteiger charge is -2.28. The van der Waals surface area contributed by atoms with Crippen LogP contribution in [0.25, 0.3) is 5.65 Å². The molecule has 3 aromatic rings. The van der Waals surface area contributed by atoms with Gasteiger partial charge in [-0.3, -0.25) is 4.79 Å². The van der Waals surface area contributed by atoms with Crippen molar-refractivity contribution in [2.45, 2.75) is 50.9 Å². The van der Waals surface area contributed by atoms with Gasteiger partial charge in [0, 0.05) is 30.6 Å². The van der Waals surface area contributed by atoms with Gasteiger partial charge in [-0.05, 0) is 39.2 Å². The molecular weight excluding hydrogens is 401 g/mol. The number of alkyl halides is 1. The summed E-state index contributed by atoms with van der Waals surface area (Å²) in [5.41, 5.74) is 0.0976. The average molecular weight is 427 g/mol. The van der Waals surface area contributed by atoms with Crippen molar-refractivity contribution in [1.82, 2.24) is 24.9 Å². The van der Waals surface area contributed by atoms with Gasteiger partial charge in [0.1, 0.15) is 17.8 Å². The van der Waals surface area contributed by atoms with Crippen LogP contribution in [-0.4, -0.2) is 55.0 Å². The summed E-state index contributed by atoms with van der Waals surface area (Å²) >= 11 is 0. The molecule has 1 amide bonds. The molecule has 1 aliphatic rings. The number of nitrogens with one attached hydrogen (secondary N) is 3. The van der Waals surface area contributed by atoms with Crippen molar-refractivity contribution >= 4 is 28.9 Å². The van der Waals surface area contributed by atoms with Crippen molar-refractivity contribution in [3.05, 3.63) is 42.4 Å². The Kier molecular flexibility index (Phi) is 5.73. The Labute approximate surface area is 179 Å². The molecule has 0 aromatic carbocycles. The average Bonchev–Trinajstić information content (AvgIpc) is 3.16. The smallest absolute Gasteiger partial charge is 0.255 e. The Morgan fingerprint density at radius 2 is 2.16 bits per heavy atom. The molecule has 31 heavy (non-hydrogen) atoms. The number of aromatic nitrogens is 4. The molecule has 1 saturated carbocycles. The van der Waals surface area contributed by atoms with E-state index in [1.54, 1.807) is 35.1 Å². The number of carbonyl (C=O) groups excluding carboxylic acids is 1. The van der Waals surface area contributed by atoms with E-state index >= 15 is 0 Å². The molecule has 10 heteroatoms. The molecule has 9 nitrogen and oxygen atoms in total. The highest BCUT2D eigenvalue weighted by Gasteiger charge is 2.27. The molecule has 4 rings (SSSR count). The third kappa shape index (κ3) is 4.91. The zero-order chi connectivity index (χ0) is 22.0. The van der Waals surface area contributed by atoms with Crippen LogP contribution in [0, 0.1) is 0 Å². The lowest BCUT2D eigenvalue weighted by molar-refractivity contribution is -0.00177. The monoisotopic (exact) mass is 427 g/mol. The van der Waals surface area contributed by atoms with Crippen LogP contribution in [-0.2, 0) is 0 Å². The summed E-state index contributed by atoms with van der Waals surface area (Å²) in [4.78, 5) is 21.5. The van der Waals surface area contributed by atoms with Crippen LogP contribution in [0.2, 0.25) is 0 Å². The van der Waals surface area contributed by atoms with Gasteiger partial charge in [-0.15, -0.1) is 0 Å². The van der Waals surface area contributed by atoms with Crippen molar-refractivity contribution in [1.29, 1.82) is 0 Å². The normalized spacial score (nSPS) is 15.4. The summed E-state index contributed by atoms with van der Waals surface area (Å²) in [6.07, 6.45) is 6.51. The highest BCUT2D eigenvalue weighted by molar-refractivity contribution is 5.99. The van der Waals surface area contributed by atoms with Crippen molar-refractivity contribution in [3.8, 4) is 0 Å². The Balaban J connectivity index is 1.53. The summed E-state index contributed by atoms with van der Waals surface area (Å²) in [5.74, 6) is 0.666. The van der Waals surface area contributed by atoms with Gasteiger partial charge in [0.25, 0.3) is 5.91 Å². The van der Waals surface area contributed by atoms with Crippen molar-refractivity contribution in [3.63, 3.8) is 0 Å². The molecule has 1 fully saturated rings. The first-order valence-corrected chi connectivity index (χ1v) is 10.3. The van der Waals surface area contributed by atoms with Gasteiger partial charge >= 0.3 is 0 Å². The number of aliphatic hydroxyl groups is 1. The van der Waals surface area contributed by atoms with Crippen molar-refractivity contribution in [2.75, 3.05) is 17.2 Å². The van der Waals surface area contributed by atoms with E-state index < -0.39 is 17.7 Å². The van der Waals surface area contributed by atoms with Crippen molar-refractivity contribution < 1.29 is 14.3 Å². The predicted molar refractivity (Wildman–Crippen MR) is 115 cm³/mol. The number of amides is 1. The minimum absolute atomic E-state index is 0.286. The van der Waals surface area contributed by atoms with E-state index in [0.29, 0.717) is 28.5 Å². The number of hydrogen-bond donors (Lipinski definition) is 4. The summed E-state index contributed by atoms with van der Waals surface area (Å²) < 4.78 is 15.7. The molecule has 0 saturated heterocycles. The highest BCUT2D eigenvalue weighted by Crippen LogP contribution is 2.27. The molecule has 0 aliphatic heterocycles. The van der Waals surface area contributed by atoms with Crippen LogP contribution in [0.1, 0.15) is 43.5 Å². The van der Waals surface area contributed by atoms with E-state index in [4.69, 9.17) is 0 Å². The lowest BCUT2D eigenvalue weighted by atomic mass is 9.92. The van der Waals surface area contributed by atoms with Crippen molar-refractivity contribution in [2.24, 2.45) is 0 Å². The topological polar surface area (TPSA) is 116 Å². The van der Waals surface area contributed by atoms with Gasteiger partial charge in [-0.25, -0.2) is 18.9 Å². The van der Waals surface area contributed by atoms with E-state index in [0.717, 1.165) is 19.3 Å². The standard InChI is InChI=1S/C21H26FN7O2/c1-21(2,31)16(22)12-24-20(30)14-11-23-18(10-15(14)26-13-4-3-5-13)27-17-7-9-29-19(28-17)6-8-25-29/h6-11,13,16,31H,3-5,12H2,1-2H3,(H,24,30)(H2,23,26,27,28)/t16-/m1/s1. The maximum absolute atomic E-state index is 14.0. The Hall–Kier alpha value is -3.27. The number of pyridine rings is 1. The van der Waals surface area contributed by atoms with Crippen LogP contribution in [0.4, 0.5) is 21.7 Å². The zero-order valence-electron chi connectivity index (χ0n) is 17.5. The minimum atomic E-state index is -1.59. The second kappa shape index (κ2) is 8.46. The third-order valence-electron chi connectivity index (χ3n) is 5.34. The lowest BCUT2D eigenvalue weighted by Crippen LogP contribution is -2.42. The van der Waals surface area contributed by atoms with Crippen LogP contribution in [0.5, 0.6) is 0 Å². The van der Waals surface area contributed by atoms with Gasteiger partial charge in [0.15, 0.2) is 5.65 Å². The van der Waals surface area contributed by atoms with Crippen LogP contribution < -0.4 is 16.0 Å². The first-order valence-electron chi connectivity index (χ1n) is 10.3. The second-order valence-corrected chi connectivity index (χ2v) is 8.29. The maximum Gasteiger partial charge on any atom is 0.255 e. The van der Waals surface area contributed by atoms with E-state index in [9.17, 15) is 14.3 Å². The molecule has 0 bridgehead atoms. The molecule has 1 aliphatic carbocycles. The van der Waals surface area contributed by atoms with Gasteiger partial charge in [-0.2, -0.15) is 5.10 Å². The van der Waals surface area contributed by atoms with E-state index in [2.05, 4.69) is 31.0 Å². The fourth-order valence-corrected chi connectivity index (χ4v) is 3.14. The number of anilines is 3. The first-order chi connectivity index (χ1) is 14.8. The molecule has 4 N–H and O–H groups in total. The maximum atomic E-state index is 14.0. The third-order valence-corrected chi connectivity index (χ3v) is 5.34. The van der Waals surface area contributed by atoms with E-state index in [1.165, 1.54) is 20.0 Å². The van der Waals surface area contributed by atoms with Gasteiger partial charge < -0.3 is 21.1 Å². The summed E-state index contributed by atoms with van der Waals surface area (Å²) in [6, 6.07) is 5.60. The molecule has 164 valence electrons. The summed E-state index contributed by atoms with van der Waals surface area (Å²) in [6.45, 7) is 2.44. The van der Waals surface area contributed by atoms with Crippen LogP contribution >= 0.6 is 0 Å². The summed E-state index contributed by atoms with van der Waals surface area (Å²) in [7, 11) is 0. The Morgan fingerprint density at radius 3 is 2.87 bits per heavy atom. The fourth-order valence-electron chi connectivity index (χ4n) is 3.14. The quantitative estimate of drug-likeness (QED) is 0.437. The molecule has 0 spiro atoms. The number of fused-ring (bicyclic) bond motifs is 1. The number of halogens is 1. The van der Waals surface area contributed by atoms with Gasteiger partial charge in [0.05, 0.1) is 29.6 Å². The number of nitrogens with zero attached hydrogens (tertiary/aromatic N) is 4. The van der Waals surface area contributed by atoms with Gasteiger partial charge in [-0.1, -0.05) is 0 Å². The van der Waals surface area contributed by atoms with Crippen LogP contribution in [0.15, 0.2) is 36.8 Å². The molecule has 0 radical (unpaired) electrons. The first kappa shape index (κ1) is 21.0. The van der Waals surface area contributed by atoms with E-state index in [-0.39, 0.29) is 12.6 Å². The minimum Gasteiger partial charge on any atom is -0.387 e. The molecule has 1 atom stereocenters. The van der Waals surface area contributed by atoms with Crippen LogP contribution in [0.3, 0.4) is 0 Å². The largest absolute Gasteiger partial charge is 0.387 e. The number of rotatable bonds is 8. The zero-order valence-corrected chi connectivity index (χ0v) is 17.5. The Bertz CT molecular complexity index is 1080. The number of hydrogen-bond acceptors (Lipinski definition) is 7.